The number of thiazole rings is 1. The van der Waals surface area contributed by atoms with Crippen LogP contribution in [0, 0.1) is 6.92 Å². The van der Waals surface area contributed by atoms with E-state index in [1.165, 1.54) is 30.4 Å². The van der Waals surface area contributed by atoms with Crippen LogP contribution in [0.15, 0.2) is 28.6 Å². The molecule has 0 aliphatic heterocycles. The summed E-state index contributed by atoms with van der Waals surface area (Å²) in [6.45, 7) is 4.81. The highest BCUT2D eigenvalue weighted by atomic mass is 32.1. The number of guanidine groups is 1. The minimum Gasteiger partial charge on any atom is -0.370 e. The van der Waals surface area contributed by atoms with Crippen molar-refractivity contribution in [1.82, 2.24) is 4.98 Å². The molecule has 3 rings (SSSR count). The number of hydrogen-bond donors (Lipinski definition) is 2. The minimum absolute atomic E-state index is 0.290. The Morgan fingerprint density at radius 1 is 1.39 bits per heavy atom. The molecule has 5 heteroatoms. The lowest BCUT2D eigenvalue weighted by Gasteiger charge is -2.20. The number of aromatic nitrogens is 1. The fraction of sp³-hybridized carbons (Fsp3) is 0.444. The first kappa shape index (κ1) is 16.0. The van der Waals surface area contributed by atoms with E-state index in [4.69, 9.17) is 5.73 Å². The Morgan fingerprint density at radius 2 is 2.22 bits per heavy atom. The lowest BCUT2D eigenvalue weighted by atomic mass is 9.90. The molecule has 0 radical (unpaired) electrons. The third-order valence-electron chi connectivity index (χ3n) is 4.25. The van der Waals surface area contributed by atoms with Gasteiger partial charge in [0, 0.05) is 22.7 Å². The zero-order valence-corrected chi connectivity index (χ0v) is 14.6. The molecule has 1 unspecified atom stereocenters. The molecule has 1 aromatic carbocycles. The standard InChI is InChI=1S/C18H24N4S/c1-12(17-21-13(2)11-23-17)10-20-18(19)22-16-9-5-7-14-6-3-4-8-15(14)16/h5,7,9,11-12H,3-4,6,8,10H2,1-2H3,(H3,19,20,22). The molecule has 4 nitrogen and oxygen atoms in total. The first-order chi connectivity index (χ1) is 11.1. The number of fused-ring (bicyclic) bond motifs is 1. The van der Waals surface area contributed by atoms with E-state index < -0.39 is 0 Å². The van der Waals surface area contributed by atoms with Crippen molar-refractivity contribution in [3.05, 3.63) is 45.4 Å². The van der Waals surface area contributed by atoms with Crippen LogP contribution in [0.3, 0.4) is 0 Å². The Labute approximate surface area is 141 Å². The van der Waals surface area contributed by atoms with Crippen molar-refractivity contribution in [3.63, 3.8) is 0 Å². The van der Waals surface area contributed by atoms with Crippen molar-refractivity contribution in [2.24, 2.45) is 10.7 Å². The second-order valence-corrected chi connectivity index (χ2v) is 7.12. The van der Waals surface area contributed by atoms with Gasteiger partial charge in [-0.3, -0.25) is 4.99 Å². The van der Waals surface area contributed by atoms with Gasteiger partial charge in [0.2, 0.25) is 0 Å². The maximum absolute atomic E-state index is 6.09. The first-order valence-electron chi connectivity index (χ1n) is 8.23. The van der Waals surface area contributed by atoms with Gasteiger partial charge in [-0.1, -0.05) is 19.1 Å². The lowest BCUT2D eigenvalue weighted by molar-refractivity contribution is 0.687. The Balaban J connectivity index is 1.66. The molecule has 0 spiro atoms. The van der Waals surface area contributed by atoms with Gasteiger partial charge in [-0.25, -0.2) is 4.98 Å². The number of aliphatic imine (C=N–C) groups is 1. The van der Waals surface area contributed by atoms with Gasteiger partial charge >= 0.3 is 0 Å². The van der Waals surface area contributed by atoms with Crippen molar-refractivity contribution in [1.29, 1.82) is 0 Å². The molecule has 23 heavy (non-hydrogen) atoms. The largest absolute Gasteiger partial charge is 0.370 e. The average molecular weight is 328 g/mol. The summed E-state index contributed by atoms with van der Waals surface area (Å²) in [7, 11) is 0. The summed E-state index contributed by atoms with van der Waals surface area (Å²) in [5.74, 6) is 0.780. The number of benzene rings is 1. The SMILES string of the molecule is Cc1csc(C(C)CN=C(N)Nc2cccc3c2CCCC3)n1. The molecule has 3 N–H and O–H groups in total. The van der Waals surface area contributed by atoms with Gasteiger partial charge in [0.1, 0.15) is 0 Å². The summed E-state index contributed by atoms with van der Waals surface area (Å²) in [6, 6.07) is 6.42. The van der Waals surface area contributed by atoms with E-state index in [1.54, 1.807) is 11.3 Å². The number of rotatable bonds is 4. The molecule has 0 saturated carbocycles. The van der Waals surface area contributed by atoms with E-state index in [0.29, 0.717) is 18.4 Å². The van der Waals surface area contributed by atoms with E-state index in [9.17, 15) is 0 Å². The van der Waals surface area contributed by atoms with Crippen LogP contribution in [-0.2, 0) is 12.8 Å². The summed E-state index contributed by atoms with van der Waals surface area (Å²) in [6.07, 6.45) is 4.83. The molecule has 1 aliphatic carbocycles. The maximum atomic E-state index is 6.09. The van der Waals surface area contributed by atoms with Gasteiger partial charge < -0.3 is 11.1 Å². The zero-order valence-electron chi connectivity index (χ0n) is 13.8. The van der Waals surface area contributed by atoms with E-state index in [2.05, 4.69) is 45.8 Å². The van der Waals surface area contributed by atoms with Gasteiger partial charge in [0.25, 0.3) is 0 Å². The summed E-state index contributed by atoms with van der Waals surface area (Å²) >= 11 is 1.69. The maximum Gasteiger partial charge on any atom is 0.193 e. The predicted octanol–water partition coefficient (Wildman–Crippen LogP) is 3.86. The first-order valence-corrected chi connectivity index (χ1v) is 9.11. The highest BCUT2D eigenvalue weighted by Crippen LogP contribution is 2.27. The van der Waals surface area contributed by atoms with E-state index in [-0.39, 0.29) is 0 Å². The molecule has 1 heterocycles. The number of aryl methyl sites for hydroxylation is 2. The quantitative estimate of drug-likeness (QED) is 0.662. The van der Waals surface area contributed by atoms with Crippen LogP contribution in [0.25, 0.3) is 0 Å². The van der Waals surface area contributed by atoms with E-state index in [0.717, 1.165) is 22.8 Å². The van der Waals surface area contributed by atoms with Crippen molar-refractivity contribution >= 4 is 23.0 Å². The zero-order chi connectivity index (χ0) is 16.2. The fourth-order valence-electron chi connectivity index (χ4n) is 2.99. The van der Waals surface area contributed by atoms with Crippen LogP contribution < -0.4 is 11.1 Å². The third kappa shape index (κ3) is 3.91. The van der Waals surface area contributed by atoms with Crippen molar-refractivity contribution in [2.45, 2.75) is 45.4 Å². The molecule has 1 aliphatic rings. The smallest absolute Gasteiger partial charge is 0.193 e. The van der Waals surface area contributed by atoms with Crippen molar-refractivity contribution in [2.75, 3.05) is 11.9 Å². The summed E-state index contributed by atoms with van der Waals surface area (Å²) in [4.78, 5) is 9.02. The van der Waals surface area contributed by atoms with Crippen LogP contribution in [0.1, 0.15) is 47.5 Å². The third-order valence-corrected chi connectivity index (χ3v) is 5.45. The van der Waals surface area contributed by atoms with Crippen molar-refractivity contribution < 1.29 is 0 Å². The number of hydrogen-bond acceptors (Lipinski definition) is 3. The van der Waals surface area contributed by atoms with Gasteiger partial charge in [-0.05, 0) is 49.8 Å². The molecule has 0 bridgehead atoms. The van der Waals surface area contributed by atoms with Gasteiger partial charge in [-0.15, -0.1) is 11.3 Å². The monoisotopic (exact) mass is 328 g/mol. The van der Waals surface area contributed by atoms with Gasteiger partial charge in [0.15, 0.2) is 5.96 Å². The highest BCUT2D eigenvalue weighted by Gasteiger charge is 2.13. The van der Waals surface area contributed by atoms with Crippen LogP contribution in [-0.4, -0.2) is 17.5 Å². The number of nitrogens with two attached hydrogens (primary N) is 1. The molecular formula is C18H24N4S. The molecule has 0 amide bonds. The number of nitrogens with one attached hydrogen (secondary N) is 1. The Morgan fingerprint density at radius 3 is 3.00 bits per heavy atom. The minimum atomic E-state index is 0.290. The molecule has 1 atom stereocenters. The molecule has 0 saturated heterocycles. The summed E-state index contributed by atoms with van der Waals surface area (Å²) < 4.78 is 0. The van der Waals surface area contributed by atoms with Gasteiger partial charge in [0.05, 0.1) is 11.6 Å². The Bertz CT molecular complexity index is 705. The van der Waals surface area contributed by atoms with Crippen LogP contribution in [0.5, 0.6) is 0 Å². The van der Waals surface area contributed by atoms with Crippen LogP contribution in [0.4, 0.5) is 5.69 Å². The Hall–Kier alpha value is -1.88. The van der Waals surface area contributed by atoms with E-state index >= 15 is 0 Å². The van der Waals surface area contributed by atoms with E-state index in [1.807, 2.05) is 6.92 Å². The number of nitrogens with zero attached hydrogens (tertiary/aromatic N) is 2. The lowest BCUT2D eigenvalue weighted by Crippen LogP contribution is -2.24. The Kier molecular flexibility index (Phi) is 4.96. The predicted molar refractivity (Wildman–Crippen MR) is 98.5 cm³/mol. The van der Waals surface area contributed by atoms with Crippen LogP contribution in [0.2, 0.25) is 0 Å². The van der Waals surface area contributed by atoms with Crippen LogP contribution >= 0.6 is 11.3 Å². The summed E-state index contributed by atoms with van der Waals surface area (Å²) in [5.41, 5.74) is 11.1. The normalized spacial score (nSPS) is 16.0. The molecule has 0 fully saturated rings. The van der Waals surface area contributed by atoms with Gasteiger partial charge in [-0.2, -0.15) is 0 Å². The molecule has 122 valence electrons. The second-order valence-electron chi connectivity index (χ2n) is 6.23. The summed E-state index contributed by atoms with van der Waals surface area (Å²) in [5, 5.41) is 6.49. The highest BCUT2D eigenvalue weighted by molar-refractivity contribution is 7.09. The molecule has 1 aromatic heterocycles. The second kappa shape index (κ2) is 7.13. The fourth-order valence-corrected chi connectivity index (χ4v) is 3.84. The average Bonchev–Trinajstić information content (AvgIpc) is 2.99. The molecule has 2 aromatic rings. The van der Waals surface area contributed by atoms with Crippen molar-refractivity contribution in [3.8, 4) is 0 Å². The molecular weight excluding hydrogens is 304 g/mol. The topological polar surface area (TPSA) is 63.3 Å². The number of anilines is 1.